The topological polar surface area (TPSA) is 46.5 Å². The Labute approximate surface area is 120 Å². The second-order valence-corrected chi connectivity index (χ2v) is 6.22. The van der Waals surface area contributed by atoms with Gasteiger partial charge in [-0.1, -0.05) is 38.8 Å². The fourth-order valence-electron chi connectivity index (χ4n) is 3.45. The SMILES string of the molecule is CCCC[C@@H](F)[C@H](O)/C=C/[C@@H]1[C@H]2CC(=O)O[C@H]2C[C@H]1C. The van der Waals surface area contributed by atoms with E-state index in [1.54, 1.807) is 6.08 Å². The molecule has 0 aromatic rings. The summed E-state index contributed by atoms with van der Waals surface area (Å²) < 4.78 is 19.0. The van der Waals surface area contributed by atoms with Crippen LogP contribution in [0.5, 0.6) is 0 Å². The minimum atomic E-state index is -1.19. The largest absolute Gasteiger partial charge is 0.462 e. The molecule has 1 aliphatic carbocycles. The normalized spacial score (nSPS) is 36.1. The van der Waals surface area contributed by atoms with Crippen LogP contribution in [0, 0.1) is 17.8 Å². The summed E-state index contributed by atoms with van der Waals surface area (Å²) in [5.41, 5.74) is 0. The summed E-state index contributed by atoms with van der Waals surface area (Å²) in [7, 11) is 0. The molecule has 0 amide bonds. The highest BCUT2D eigenvalue weighted by molar-refractivity contribution is 5.72. The Morgan fingerprint density at radius 1 is 1.55 bits per heavy atom. The van der Waals surface area contributed by atoms with E-state index in [0.29, 0.717) is 18.8 Å². The van der Waals surface area contributed by atoms with Crippen LogP contribution in [-0.4, -0.2) is 29.5 Å². The van der Waals surface area contributed by atoms with Crippen molar-refractivity contribution in [1.82, 2.24) is 0 Å². The van der Waals surface area contributed by atoms with Gasteiger partial charge in [0.1, 0.15) is 18.4 Å². The number of ether oxygens (including phenoxy) is 1. The van der Waals surface area contributed by atoms with Crippen molar-refractivity contribution in [2.75, 3.05) is 0 Å². The fourth-order valence-corrected chi connectivity index (χ4v) is 3.45. The number of allylic oxidation sites excluding steroid dienone is 1. The van der Waals surface area contributed by atoms with Crippen molar-refractivity contribution in [3.63, 3.8) is 0 Å². The Bertz CT molecular complexity index is 369. The average molecular weight is 284 g/mol. The smallest absolute Gasteiger partial charge is 0.306 e. The van der Waals surface area contributed by atoms with Crippen molar-refractivity contribution in [1.29, 1.82) is 0 Å². The van der Waals surface area contributed by atoms with Crippen LogP contribution in [0.4, 0.5) is 4.39 Å². The Hall–Kier alpha value is -0.900. The first-order valence-electron chi connectivity index (χ1n) is 7.72. The molecule has 2 rings (SSSR count). The molecule has 1 saturated heterocycles. The van der Waals surface area contributed by atoms with E-state index in [0.717, 1.165) is 19.3 Å². The van der Waals surface area contributed by atoms with E-state index in [9.17, 15) is 14.3 Å². The number of unbranched alkanes of at least 4 members (excludes halogenated alkanes) is 1. The van der Waals surface area contributed by atoms with Crippen molar-refractivity contribution in [3.8, 4) is 0 Å². The number of carbonyl (C=O) groups is 1. The maximum absolute atomic E-state index is 13.7. The zero-order valence-corrected chi connectivity index (χ0v) is 12.3. The summed E-state index contributed by atoms with van der Waals surface area (Å²) in [5.74, 6) is 0.696. The summed E-state index contributed by atoms with van der Waals surface area (Å²) in [5, 5.41) is 9.82. The van der Waals surface area contributed by atoms with Gasteiger partial charge < -0.3 is 9.84 Å². The molecule has 3 nitrogen and oxygen atoms in total. The predicted molar refractivity (Wildman–Crippen MR) is 74.8 cm³/mol. The van der Waals surface area contributed by atoms with E-state index in [1.807, 2.05) is 13.0 Å². The van der Waals surface area contributed by atoms with E-state index >= 15 is 0 Å². The van der Waals surface area contributed by atoms with Gasteiger partial charge in [-0.25, -0.2) is 4.39 Å². The van der Waals surface area contributed by atoms with Crippen LogP contribution in [0.3, 0.4) is 0 Å². The van der Waals surface area contributed by atoms with Gasteiger partial charge in [-0.15, -0.1) is 0 Å². The Morgan fingerprint density at radius 2 is 2.30 bits per heavy atom. The molecule has 0 radical (unpaired) electrons. The van der Waals surface area contributed by atoms with Crippen molar-refractivity contribution < 1.29 is 19.0 Å². The van der Waals surface area contributed by atoms with Crippen LogP contribution in [-0.2, 0) is 9.53 Å². The predicted octanol–water partition coefficient (Wildman–Crippen LogP) is 3.02. The van der Waals surface area contributed by atoms with E-state index in [1.165, 1.54) is 0 Å². The molecule has 2 aliphatic rings. The first-order valence-corrected chi connectivity index (χ1v) is 7.72. The van der Waals surface area contributed by atoms with Crippen LogP contribution in [0.1, 0.15) is 46.0 Å². The van der Waals surface area contributed by atoms with Crippen molar-refractivity contribution in [2.45, 2.75) is 64.3 Å². The van der Waals surface area contributed by atoms with E-state index in [2.05, 4.69) is 6.92 Å². The molecule has 1 saturated carbocycles. The third-order valence-corrected chi connectivity index (χ3v) is 4.65. The third-order valence-electron chi connectivity index (χ3n) is 4.65. The zero-order chi connectivity index (χ0) is 14.7. The minimum Gasteiger partial charge on any atom is -0.462 e. The van der Waals surface area contributed by atoms with E-state index < -0.39 is 12.3 Å². The molecule has 20 heavy (non-hydrogen) atoms. The Kier molecular flexibility index (Phi) is 5.19. The number of hydrogen-bond acceptors (Lipinski definition) is 3. The molecule has 6 atom stereocenters. The lowest BCUT2D eigenvalue weighted by Crippen LogP contribution is -2.20. The molecule has 1 heterocycles. The highest BCUT2D eigenvalue weighted by Crippen LogP contribution is 2.45. The molecule has 0 bridgehead atoms. The first kappa shape index (κ1) is 15.5. The molecule has 2 fully saturated rings. The first-order chi connectivity index (χ1) is 9.52. The molecule has 4 heteroatoms. The maximum Gasteiger partial charge on any atom is 0.306 e. The lowest BCUT2D eigenvalue weighted by molar-refractivity contribution is -0.141. The van der Waals surface area contributed by atoms with Crippen LogP contribution < -0.4 is 0 Å². The van der Waals surface area contributed by atoms with Crippen LogP contribution >= 0.6 is 0 Å². The van der Waals surface area contributed by atoms with Crippen LogP contribution in [0.15, 0.2) is 12.2 Å². The summed E-state index contributed by atoms with van der Waals surface area (Å²) in [6.45, 7) is 4.13. The van der Waals surface area contributed by atoms with Gasteiger partial charge in [0, 0.05) is 5.92 Å². The monoisotopic (exact) mass is 284 g/mol. The number of fused-ring (bicyclic) bond motifs is 1. The number of alkyl halides is 1. The number of aliphatic hydroxyl groups is 1. The number of halogens is 1. The maximum atomic E-state index is 13.7. The minimum absolute atomic E-state index is 0.0190. The van der Waals surface area contributed by atoms with Crippen LogP contribution in [0.25, 0.3) is 0 Å². The third kappa shape index (κ3) is 3.40. The van der Waals surface area contributed by atoms with Gasteiger partial charge in [0.25, 0.3) is 0 Å². The fraction of sp³-hybridized carbons (Fsp3) is 0.812. The lowest BCUT2D eigenvalue weighted by atomic mass is 9.87. The molecule has 0 aromatic heterocycles. The molecule has 1 aliphatic heterocycles. The van der Waals surface area contributed by atoms with Gasteiger partial charge in [0.2, 0.25) is 0 Å². The van der Waals surface area contributed by atoms with Gasteiger partial charge >= 0.3 is 5.97 Å². The number of carbonyl (C=O) groups excluding carboxylic acids is 1. The summed E-state index contributed by atoms with van der Waals surface area (Å²) >= 11 is 0. The average Bonchev–Trinajstić information content (AvgIpc) is 2.88. The zero-order valence-electron chi connectivity index (χ0n) is 12.3. The van der Waals surface area contributed by atoms with Crippen LogP contribution in [0.2, 0.25) is 0 Å². The van der Waals surface area contributed by atoms with Gasteiger partial charge in [-0.3, -0.25) is 4.79 Å². The molecular weight excluding hydrogens is 259 g/mol. The standard InChI is InChI=1S/C16H25FO3/c1-3-4-5-13(17)14(18)7-6-11-10(2)8-15-12(11)9-16(19)20-15/h6-7,10-15,18H,3-5,8-9H2,1-2H3/b7-6+/t10-,11+,12-,13-,14-,15+/m1/s1. The Balaban J connectivity index is 1.91. The number of aliphatic hydroxyl groups excluding tert-OH is 1. The Morgan fingerprint density at radius 3 is 3.00 bits per heavy atom. The highest BCUT2D eigenvalue weighted by atomic mass is 19.1. The number of esters is 1. The molecule has 114 valence electrons. The number of rotatable bonds is 6. The second kappa shape index (κ2) is 6.70. The molecule has 1 N–H and O–H groups in total. The highest BCUT2D eigenvalue weighted by Gasteiger charge is 2.47. The molecule has 0 spiro atoms. The summed E-state index contributed by atoms with van der Waals surface area (Å²) in [6.07, 6.45) is 4.71. The van der Waals surface area contributed by atoms with Crippen molar-refractivity contribution in [3.05, 3.63) is 12.2 Å². The van der Waals surface area contributed by atoms with Gasteiger partial charge in [0.15, 0.2) is 0 Å². The quantitative estimate of drug-likeness (QED) is 0.602. The lowest BCUT2D eigenvalue weighted by Gasteiger charge is -2.17. The summed E-state index contributed by atoms with van der Waals surface area (Å²) in [4.78, 5) is 11.3. The van der Waals surface area contributed by atoms with E-state index in [-0.39, 0.29) is 23.9 Å². The summed E-state index contributed by atoms with van der Waals surface area (Å²) in [6, 6.07) is 0. The number of hydrogen-bond donors (Lipinski definition) is 1. The van der Waals surface area contributed by atoms with Gasteiger partial charge in [0.05, 0.1) is 6.42 Å². The van der Waals surface area contributed by atoms with Gasteiger partial charge in [-0.05, 0) is 24.7 Å². The second-order valence-electron chi connectivity index (χ2n) is 6.22. The molecule has 0 aromatic carbocycles. The molecular formula is C16H25FO3. The van der Waals surface area contributed by atoms with E-state index in [4.69, 9.17) is 4.74 Å². The van der Waals surface area contributed by atoms with Crippen molar-refractivity contribution in [2.24, 2.45) is 17.8 Å². The molecule has 0 unspecified atom stereocenters. The van der Waals surface area contributed by atoms with Crippen molar-refractivity contribution >= 4 is 5.97 Å². The van der Waals surface area contributed by atoms with Gasteiger partial charge in [-0.2, -0.15) is 0 Å².